The number of ether oxygens (including phenoxy) is 2. The average Bonchev–Trinajstić information content (AvgIpc) is 2.32. The largest absolute Gasteiger partial charge is 0.491 e. The van der Waals surface area contributed by atoms with Gasteiger partial charge in [0.05, 0.1) is 6.10 Å². The van der Waals surface area contributed by atoms with Crippen molar-refractivity contribution in [3.8, 4) is 11.5 Å². The minimum Gasteiger partial charge on any atom is -0.491 e. The maximum Gasteiger partial charge on any atom is 0.119 e. The van der Waals surface area contributed by atoms with Gasteiger partial charge in [0.15, 0.2) is 0 Å². The molecule has 1 heterocycles. The van der Waals surface area contributed by atoms with Crippen molar-refractivity contribution in [1.29, 1.82) is 0 Å². The van der Waals surface area contributed by atoms with E-state index in [1.165, 1.54) is 0 Å². The molecule has 1 saturated heterocycles. The van der Waals surface area contributed by atoms with Crippen LogP contribution < -0.4 is 14.8 Å². The van der Waals surface area contributed by atoms with E-state index in [2.05, 4.69) is 5.32 Å². The molecule has 2 rings (SSSR count). The summed E-state index contributed by atoms with van der Waals surface area (Å²) in [6, 6.07) is 7.91. The van der Waals surface area contributed by atoms with Gasteiger partial charge in [-0.15, -0.1) is 0 Å². The van der Waals surface area contributed by atoms with Gasteiger partial charge >= 0.3 is 0 Å². The van der Waals surface area contributed by atoms with Crippen LogP contribution in [0.3, 0.4) is 0 Å². The topological polar surface area (TPSA) is 30.5 Å². The lowest BCUT2D eigenvalue weighted by atomic mass is 10.1. The van der Waals surface area contributed by atoms with Crippen LogP contribution in [-0.2, 0) is 0 Å². The van der Waals surface area contributed by atoms with Gasteiger partial charge in [-0.2, -0.15) is 0 Å². The molecule has 0 radical (unpaired) electrons. The molecule has 0 spiro atoms. The van der Waals surface area contributed by atoms with Crippen LogP contribution in [0, 0.1) is 0 Å². The molecule has 0 bridgehead atoms. The summed E-state index contributed by atoms with van der Waals surface area (Å²) in [5.41, 5.74) is 0. The van der Waals surface area contributed by atoms with E-state index in [1.54, 1.807) is 0 Å². The average molecular weight is 235 g/mol. The smallest absolute Gasteiger partial charge is 0.119 e. The van der Waals surface area contributed by atoms with E-state index >= 15 is 0 Å². The van der Waals surface area contributed by atoms with Crippen LogP contribution >= 0.6 is 0 Å². The van der Waals surface area contributed by atoms with Gasteiger partial charge in [-0.05, 0) is 64.0 Å². The minimum absolute atomic E-state index is 0.214. The summed E-state index contributed by atoms with van der Waals surface area (Å²) in [7, 11) is 0. The third-order valence-corrected chi connectivity index (χ3v) is 2.78. The Balaban J connectivity index is 1.88. The van der Waals surface area contributed by atoms with E-state index < -0.39 is 0 Å². The van der Waals surface area contributed by atoms with Gasteiger partial charge in [0.2, 0.25) is 0 Å². The molecule has 0 aliphatic carbocycles. The molecule has 17 heavy (non-hydrogen) atoms. The molecule has 0 aromatic heterocycles. The van der Waals surface area contributed by atoms with E-state index in [0.717, 1.165) is 37.4 Å². The molecule has 0 amide bonds. The molecule has 1 fully saturated rings. The molecular formula is C14H21NO2. The van der Waals surface area contributed by atoms with E-state index in [0.29, 0.717) is 6.10 Å². The van der Waals surface area contributed by atoms with Crippen LogP contribution in [0.4, 0.5) is 0 Å². The first kappa shape index (κ1) is 12.2. The van der Waals surface area contributed by atoms with Crippen molar-refractivity contribution in [2.75, 3.05) is 13.1 Å². The predicted octanol–water partition coefficient (Wildman–Crippen LogP) is 2.60. The monoisotopic (exact) mass is 235 g/mol. The van der Waals surface area contributed by atoms with Crippen LogP contribution in [0.5, 0.6) is 11.5 Å². The van der Waals surface area contributed by atoms with Crippen LogP contribution in [0.15, 0.2) is 24.3 Å². The third-order valence-electron chi connectivity index (χ3n) is 2.78. The molecule has 94 valence electrons. The zero-order valence-electron chi connectivity index (χ0n) is 10.6. The van der Waals surface area contributed by atoms with E-state index in [-0.39, 0.29) is 6.10 Å². The summed E-state index contributed by atoms with van der Waals surface area (Å²) in [4.78, 5) is 0. The van der Waals surface area contributed by atoms with Gasteiger partial charge in [0.1, 0.15) is 17.6 Å². The molecule has 3 heteroatoms. The second-order valence-electron chi connectivity index (χ2n) is 4.71. The zero-order chi connectivity index (χ0) is 12.1. The van der Waals surface area contributed by atoms with E-state index in [1.807, 2.05) is 38.1 Å². The summed E-state index contributed by atoms with van der Waals surface area (Å²) in [5, 5.41) is 3.33. The molecule has 1 aliphatic rings. The van der Waals surface area contributed by atoms with Crippen molar-refractivity contribution < 1.29 is 9.47 Å². The van der Waals surface area contributed by atoms with Crippen molar-refractivity contribution in [2.45, 2.75) is 38.9 Å². The highest BCUT2D eigenvalue weighted by molar-refractivity contribution is 5.31. The summed E-state index contributed by atoms with van der Waals surface area (Å²) in [6.07, 6.45) is 2.74. The van der Waals surface area contributed by atoms with Gasteiger partial charge in [0.25, 0.3) is 0 Å². The van der Waals surface area contributed by atoms with Crippen molar-refractivity contribution in [3.63, 3.8) is 0 Å². The number of piperidine rings is 1. The standard InChI is InChI=1S/C14H21NO2/c1-11(2)16-12-3-5-13(6-4-12)17-14-7-9-15-10-8-14/h3-6,11,14-15H,7-10H2,1-2H3. The van der Waals surface area contributed by atoms with Crippen LogP contribution in [0.1, 0.15) is 26.7 Å². The highest BCUT2D eigenvalue weighted by atomic mass is 16.5. The van der Waals surface area contributed by atoms with Gasteiger partial charge in [-0.1, -0.05) is 0 Å². The molecule has 0 atom stereocenters. The molecule has 0 saturated carbocycles. The molecule has 1 aromatic rings. The maximum atomic E-state index is 5.92. The third kappa shape index (κ3) is 3.93. The minimum atomic E-state index is 0.214. The predicted molar refractivity (Wildman–Crippen MR) is 68.7 cm³/mol. The maximum absolute atomic E-state index is 5.92. The lowest BCUT2D eigenvalue weighted by Gasteiger charge is -2.23. The summed E-state index contributed by atoms with van der Waals surface area (Å²) in [6.45, 7) is 6.16. The first-order chi connectivity index (χ1) is 8.24. The highest BCUT2D eigenvalue weighted by Gasteiger charge is 2.14. The Labute approximate surface area is 103 Å². The number of rotatable bonds is 4. The fourth-order valence-electron chi connectivity index (χ4n) is 1.97. The first-order valence-electron chi connectivity index (χ1n) is 6.38. The Kier molecular flexibility index (Phi) is 4.26. The number of benzene rings is 1. The normalized spacial score (nSPS) is 17.1. The van der Waals surface area contributed by atoms with Gasteiger partial charge < -0.3 is 14.8 Å². The van der Waals surface area contributed by atoms with Crippen molar-refractivity contribution in [1.82, 2.24) is 5.32 Å². The molecule has 1 aliphatic heterocycles. The zero-order valence-corrected chi connectivity index (χ0v) is 10.6. The second-order valence-corrected chi connectivity index (χ2v) is 4.71. The fourth-order valence-corrected chi connectivity index (χ4v) is 1.97. The molecular weight excluding hydrogens is 214 g/mol. The second kappa shape index (κ2) is 5.92. The Hall–Kier alpha value is -1.22. The van der Waals surface area contributed by atoms with Gasteiger partial charge in [-0.25, -0.2) is 0 Å². The first-order valence-corrected chi connectivity index (χ1v) is 6.38. The summed E-state index contributed by atoms with van der Waals surface area (Å²) >= 11 is 0. The number of hydrogen-bond donors (Lipinski definition) is 1. The fraction of sp³-hybridized carbons (Fsp3) is 0.571. The van der Waals surface area contributed by atoms with Crippen molar-refractivity contribution >= 4 is 0 Å². The Morgan fingerprint density at radius 3 is 2.24 bits per heavy atom. The van der Waals surface area contributed by atoms with Crippen LogP contribution in [-0.4, -0.2) is 25.3 Å². The Bertz CT molecular complexity index is 329. The molecule has 1 N–H and O–H groups in total. The van der Waals surface area contributed by atoms with E-state index in [9.17, 15) is 0 Å². The summed E-state index contributed by atoms with van der Waals surface area (Å²) < 4.78 is 11.5. The molecule has 3 nitrogen and oxygen atoms in total. The van der Waals surface area contributed by atoms with E-state index in [4.69, 9.17) is 9.47 Å². The SMILES string of the molecule is CC(C)Oc1ccc(OC2CCNCC2)cc1. The number of hydrogen-bond acceptors (Lipinski definition) is 3. The van der Waals surface area contributed by atoms with Crippen molar-refractivity contribution in [2.24, 2.45) is 0 Å². The summed E-state index contributed by atoms with van der Waals surface area (Å²) in [5.74, 6) is 1.84. The number of nitrogens with one attached hydrogen (secondary N) is 1. The van der Waals surface area contributed by atoms with Crippen LogP contribution in [0.2, 0.25) is 0 Å². The van der Waals surface area contributed by atoms with Crippen LogP contribution in [0.25, 0.3) is 0 Å². The van der Waals surface area contributed by atoms with Gasteiger partial charge in [-0.3, -0.25) is 0 Å². The van der Waals surface area contributed by atoms with Crippen molar-refractivity contribution in [3.05, 3.63) is 24.3 Å². The lowest BCUT2D eigenvalue weighted by molar-refractivity contribution is 0.162. The Morgan fingerprint density at radius 2 is 1.65 bits per heavy atom. The Morgan fingerprint density at radius 1 is 1.06 bits per heavy atom. The highest BCUT2D eigenvalue weighted by Crippen LogP contribution is 2.21. The van der Waals surface area contributed by atoms with Gasteiger partial charge in [0, 0.05) is 0 Å². The molecule has 0 unspecified atom stereocenters. The molecule has 1 aromatic carbocycles. The lowest BCUT2D eigenvalue weighted by Crippen LogP contribution is -2.34. The quantitative estimate of drug-likeness (QED) is 0.870.